The molecule has 2 N–H and O–H groups in total. The quantitative estimate of drug-likeness (QED) is 0.810. The van der Waals surface area contributed by atoms with E-state index < -0.39 is 0 Å². The molecule has 0 atom stereocenters. The van der Waals surface area contributed by atoms with Gasteiger partial charge < -0.3 is 10.5 Å². The van der Waals surface area contributed by atoms with E-state index in [4.69, 9.17) is 10.5 Å². The third-order valence-electron chi connectivity index (χ3n) is 3.87. The van der Waals surface area contributed by atoms with Crippen LogP contribution in [-0.4, -0.2) is 17.9 Å². The fraction of sp³-hybridized carbons (Fsp3) is 0.500. The predicted octanol–water partition coefficient (Wildman–Crippen LogP) is 2.08. The van der Waals surface area contributed by atoms with Crippen LogP contribution in [0, 0.1) is 0 Å². The van der Waals surface area contributed by atoms with E-state index in [1.165, 1.54) is 0 Å². The first-order valence-electron chi connectivity index (χ1n) is 6.24. The second kappa shape index (κ2) is 3.84. The average Bonchev–Trinajstić information content (AvgIpc) is 2.73. The van der Waals surface area contributed by atoms with E-state index in [0.717, 1.165) is 49.2 Å². The minimum absolute atomic E-state index is 0.168. The molecule has 0 aromatic heterocycles. The first-order chi connectivity index (χ1) is 8.16. The number of nitrogens with two attached hydrogens (primary N) is 1. The summed E-state index contributed by atoms with van der Waals surface area (Å²) < 4.78 is 5.43. The number of benzene rings is 1. The van der Waals surface area contributed by atoms with E-state index in [-0.39, 0.29) is 11.3 Å². The Hall–Kier alpha value is -1.35. The third-order valence-corrected chi connectivity index (χ3v) is 3.87. The standard InChI is InChI=1S/C14H17NO2/c15-14(5-1-6-14)9-12(16)10-2-3-13-11(8-10)4-7-17-13/h2-3,8H,1,4-7,9,15H2. The molecule has 3 nitrogen and oxygen atoms in total. The highest BCUT2D eigenvalue weighted by atomic mass is 16.5. The molecule has 0 unspecified atom stereocenters. The molecule has 90 valence electrons. The largest absolute Gasteiger partial charge is 0.493 e. The molecule has 17 heavy (non-hydrogen) atoms. The van der Waals surface area contributed by atoms with E-state index in [2.05, 4.69) is 0 Å². The van der Waals surface area contributed by atoms with E-state index in [1.807, 2.05) is 18.2 Å². The molecule has 0 amide bonds. The Morgan fingerprint density at radius 2 is 2.24 bits per heavy atom. The zero-order chi connectivity index (χ0) is 11.9. The van der Waals surface area contributed by atoms with Crippen LogP contribution in [0.5, 0.6) is 5.75 Å². The zero-order valence-electron chi connectivity index (χ0n) is 9.87. The van der Waals surface area contributed by atoms with Crippen molar-refractivity contribution in [2.75, 3.05) is 6.61 Å². The molecule has 1 heterocycles. The monoisotopic (exact) mass is 231 g/mol. The maximum Gasteiger partial charge on any atom is 0.164 e. The summed E-state index contributed by atoms with van der Waals surface area (Å²) in [5.74, 6) is 1.09. The molecule has 0 saturated heterocycles. The van der Waals surface area contributed by atoms with Crippen LogP contribution in [0.15, 0.2) is 18.2 Å². The third kappa shape index (κ3) is 1.95. The zero-order valence-corrected chi connectivity index (χ0v) is 9.87. The topological polar surface area (TPSA) is 52.3 Å². The Morgan fingerprint density at radius 1 is 1.41 bits per heavy atom. The lowest BCUT2D eigenvalue weighted by Crippen LogP contribution is -2.48. The molecule has 1 saturated carbocycles. The van der Waals surface area contributed by atoms with Gasteiger partial charge in [-0.15, -0.1) is 0 Å². The van der Waals surface area contributed by atoms with Crippen molar-refractivity contribution in [1.82, 2.24) is 0 Å². The molecule has 1 aliphatic heterocycles. The highest BCUT2D eigenvalue weighted by Gasteiger charge is 2.34. The van der Waals surface area contributed by atoms with Crippen molar-refractivity contribution < 1.29 is 9.53 Å². The Kier molecular flexibility index (Phi) is 2.44. The number of rotatable bonds is 3. The number of hydrogen-bond donors (Lipinski definition) is 1. The Bertz CT molecular complexity index is 463. The minimum atomic E-state index is -0.230. The molecule has 0 radical (unpaired) electrons. The van der Waals surface area contributed by atoms with Gasteiger partial charge in [-0.05, 0) is 43.0 Å². The van der Waals surface area contributed by atoms with E-state index >= 15 is 0 Å². The number of ether oxygens (including phenoxy) is 1. The number of fused-ring (bicyclic) bond motifs is 1. The lowest BCUT2D eigenvalue weighted by Gasteiger charge is -2.37. The van der Waals surface area contributed by atoms with Gasteiger partial charge in [0, 0.05) is 23.9 Å². The van der Waals surface area contributed by atoms with Crippen LogP contribution in [0.3, 0.4) is 0 Å². The van der Waals surface area contributed by atoms with Gasteiger partial charge in [-0.25, -0.2) is 0 Å². The predicted molar refractivity (Wildman–Crippen MR) is 65.4 cm³/mol. The van der Waals surface area contributed by atoms with Crippen molar-refractivity contribution in [3.8, 4) is 5.75 Å². The highest BCUT2D eigenvalue weighted by molar-refractivity contribution is 5.97. The first kappa shape index (κ1) is 10.8. The second-order valence-corrected chi connectivity index (χ2v) is 5.24. The van der Waals surface area contributed by atoms with Crippen molar-refractivity contribution >= 4 is 5.78 Å². The van der Waals surface area contributed by atoms with Crippen LogP contribution in [0.1, 0.15) is 41.6 Å². The summed E-state index contributed by atoms with van der Waals surface area (Å²) in [7, 11) is 0. The molecular formula is C14H17NO2. The van der Waals surface area contributed by atoms with Gasteiger partial charge in [-0.3, -0.25) is 4.79 Å². The van der Waals surface area contributed by atoms with E-state index in [0.29, 0.717) is 6.42 Å². The summed E-state index contributed by atoms with van der Waals surface area (Å²) in [5.41, 5.74) is 7.81. The maximum absolute atomic E-state index is 12.1. The van der Waals surface area contributed by atoms with Crippen molar-refractivity contribution in [2.45, 2.75) is 37.6 Å². The van der Waals surface area contributed by atoms with Crippen LogP contribution < -0.4 is 10.5 Å². The second-order valence-electron chi connectivity index (χ2n) is 5.24. The Balaban J connectivity index is 1.77. The Labute approximate surface area is 101 Å². The van der Waals surface area contributed by atoms with Crippen molar-refractivity contribution in [3.05, 3.63) is 29.3 Å². The molecule has 3 rings (SSSR count). The lowest BCUT2D eigenvalue weighted by molar-refractivity contribution is 0.0912. The molecule has 0 spiro atoms. The number of carbonyl (C=O) groups is 1. The summed E-state index contributed by atoms with van der Waals surface area (Å²) in [6.45, 7) is 0.730. The lowest BCUT2D eigenvalue weighted by atomic mass is 9.74. The summed E-state index contributed by atoms with van der Waals surface area (Å²) in [6.07, 6.45) is 4.50. The summed E-state index contributed by atoms with van der Waals surface area (Å²) in [4.78, 5) is 12.1. The summed E-state index contributed by atoms with van der Waals surface area (Å²) >= 11 is 0. The van der Waals surface area contributed by atoms with E-state index in [1.54, 1.807) is 0 Å². The van der Waals surface area contributed by atoms with Gasteiger partial charge in [0.2, 0.25) is 0 Å². The van der Waals surface area contributed by atoms with Crippen LogP contribution in [-0.2, 0) is 6.42 Å². The van der Waals surface area contributed by atoms with Crippen LogP contribution in [0.4, 0.5) is 0 Å². The molecule has 0 bridgehead atoms. The molecule has 3 heteroatoms. The Morgan fingerprint density at radius 3 is 2.94 bits per heavy atom. The molecule has 1 aromatic rings. The normalized spacial score (nSPS) is 20.3. The molecule has 1 aromatic carbocycles. The fourth-order valence-electron chi connectivity index (χ4n) is 2.59. The van der Waals surface area contributed by atoms with Crippen molar-refractivity contribution in [1.29, 1.82) is 0 Å². The van der Waals surface area contributed by atoms with Crippen LogP contribution >= 0.6 is 0 Å². The number of ketones is 1. The first-order valence-corrected chi connectivity index (χ1v) is 6.24. The molecule has 1 fully saturated rings. The van der Waals surface area contributed by atoms with Gasteiger partial charge >= 0.3 is 0 Å². The molecule has 2 aliphatic rings. The van der Waals surface area contributed by atoms with Crippen molar-refractivity contribution in [3.63, 3.8) is 0 Å². The van der Waals surface area contributed by atoms with Gasteiger partial charge in [0.25, 0.3) is 0 Å². The van der Waals surface area contributed by atoms with Crippen LogP contribution in [0.25, 0.3) is 0 Å². The maximum atomic E-state index is 12.1. The van der Waals surface area contributed by atoms with E-state index in [9.17, 15) is 4.79 Å². The smallest absolute Gasteiger partial charge is 0.164 e. The summed E-state index contributed by atoms with van der Waals surface area (Å²) in [5, 5.41) is 0. The van der Waals surface area contributed by atoms with Gasteiger partial charge in [0.05, 0.1) is 6.61 Å². The average molecular weight is 231 g/mol. The highest BCUT2D eigenvalue weighted by Crippen LogP contribution is 2.34. The number of hydrogen-bond acceptors (Lipinski definition) is 3. The number of Topliss-reactive ketones (excluding diaryl/α,β-unsaturated/α-hetero) is 1. The van der Waals surface area contributed by atoms with Gasteiger partial charge in [-0.1, -0.05) is 0 Å². The van der Waals surface area contributed by atoms with Gasteiger partial charge in [0.15, 0.2) is 5.78 Å². The molecule has 1 aliphatic carbocycles. The molecular weight excluding hydrogens is 214 g/mol. The fourth-order valence-corrected chi connectivity index (χ4v) is 2.59. The van der Waals surface area contributed by atoms with Gasteiger partial charge in [0.1, 0.15) is 5.75 Å². The van der Waals surface area contributed by atoms with Crippen molar-refractivity contribution in [2.24, 2.45) is 5.73 Å². The van der Waals surface area contributed by atoms with Gasteiger partial charge in [-0.2, -0.15) is 0 Å². The minimum Gasteiger partial charge on any atom is -0.493 e. The summed E-state index contributed by atoms with van der Waals surface area (Å²) in [6, 6.07) is 5.72. The van der Waals surface area contributed by atoms with Crippen LogP contribution in [0.2, 0.25) is 0 Å². The number of carbonyl (C=O) groups excluding carboxylic acids is 1. The SMILES string of the molecule is NC1(CC(=O)c2ccc3c(c2)CCO3)CCC1.